The number of aromatic nitrogens is 2. The smallest absolute Gasteiger partial charge is 0.168 e. The average Bonchev–Trinajstić information content (AvgIpc) is 2.87. The van der Waals surface area contributed by atoms with Crippen LogP contribution in [0, 0.1) is 5.92 Å². The molecule has 0 saturated carbocycles. The number of ether oxygens (including phenoxy) is 1. The summed E-state index contributed by atoms with van der Waals surface area (Å²) in [5.74, 6) is 0.792. The highest BCUT2D eigenvalue weighted by molar-refractivity contribution is 5.97. The number of para-hydroxylation sites is 2. The van der Waals surface area contributed by atoms with Crippen molar-refractivity contribution >= 4 is 5.78 Å². The second kappa shape index (κ2) is 5.04. The Bertz CT molecular complexity index is 558. The van der Waals surface area contributed by atoms with Crippen LogP contribution in [0.5, 0.6) is 5.75 Å². The fourth-order valence-electron chi connectivity index (χ4n) is 1.73. The molecule has 0 fully saturated rings. The van der Waals surface area contributed by atoms with Gasteiger partial charge in [0.15, 0.2) is 5.78 Å². The van der Waals surface area contributed by atoms with Gasteiger partial charge >= 0.3 is 0 Å². The van der Waals surface area contributed by atoms with Gasteiger partial charge < -0.3 is 4.74 Å². The predicted molar refractivity (Wildman–Crippen MR) is 69.3 cm³/mol. The van der Waals surface area contributed by atoms with Crippen LogP contribution in [0.4, 0.5) is 0 Å². The Balaban J connectivity index is 2.38. The Kier molecular flexibility index (Phi) is 3.46. The van der Waals surface area contributed by atoms with Gasteiger partial charge in [-0.2, -0.15) is 5.10 Å². The van der Waals surface area contributed by atoms with Crippen LogP contribution < -0.4 is 4.74 Å². The van der Waals surface area contributed by atoms with E-state index in [0.29, 0.717) is 5.56 Å². The van der Waals surface area contributed by atoms with Gasteiger partial charge in [-0.25, -0.2) is 4.68 Å². The number of nitrogens with zero attached hydrogens (tertiary/aromatic N) is 2. The Labute approximate surface area is 106 Å². The van der Waals surface area contributed by atoms with Crippen molar-refractivity contribution in [3.05, 3.63) is 42.2 Å². The summed E-state index contributed by atoms with van der Waals surface area (Å²) in [7, 11) is 1.61. The third kappa shape index (κ3) is 2.27. The quantitative estimate of drug-likeness (QED) is 0.777. The van der Waals surface area contributed by atoms with Gasteiger partial charge in [-0.15, -0.1) is 0 Å². The maximum absolute atomic E-state index is 11.9. The first-order valence-electron chi connectivity index (χ1n) is 5.85. The number of benzene rings is 1. The summed E-state index contributed by atoms with van der Waals surface area (Å²) < 4.78 is 6.93. The summed E-state index contributed by atoms with van der Waals surface area (Å²) >= 11 is 0. The number of rotatable bonds is 4. The Morgan fingerprint density at radius 3 is 2.72 bits per heavy atom. The molecule has 0 unspecified atom stereocenters. The molecule has 1 aromatic heterocycles. The molecule has 0 aliphatic heterocycles. The number of Topliss-reactive ketones (excluding diaryl/α,β-unsaturated/α-hetero) is 1. The fourth-order valence-corrected chi connectivity index (χ4v) is 1.73. The van der Waals surface area contributed by atoms with Crippen molar-refractivity contribution in [2.75, 3.05) is 7.11 Å². The van der Waals surface area contributed by atoms with E-state index in [-0.39, 0.29) is 11.7 Å². The van der Waals surface area contributed by atoms with Gasteiger partial charge in [-0.3, -0.25) is 4.79 Å². The molecule has 94 valence electrons. The second-order valence-corrected chi connectivity index (χ2v) is 4.36. The predicted octanol–water partition coefficient (Wildman–Crippen LogP) is 2.72. The largest absolute Gasteiger partial charge is 0.494 e. The van der Waals surface area contributed by atoms with Gasteiger partial charge in [-0.1, -0.05) is 26.0 Å². The lowest BCUT2D eigenvalue weighted by molar-refractivity contribution is 0.0939. The molecule has 2 aromatic rings. The summed E-state index contributed by atoms with van der Waals surface area (Å²) in [4.78, 5) is 11.9. The van der Waals surface area contributed by atoms with Crippen LogP contribution in [0.3, 0.4) is 0 Å². The molecule has 0 N–H and O–H groups in total. The molecule has 0 bridgehead atoms. The topological polar surface area (TPSA) is 44.1 Å². The van der Waals surface area contributed by atoms with Crippen LogP contribution in [-0.2, 0) is 0 Å². The van der Waals surface area contributed by atoms with Crippen LogP contribution in [0.1, 0.15) is 24.2 Å². The van der Waals surface area contributed by atoms with Crippen molar-refractivity contribution in [2.24, 2.45) is 5.92 Å². The van der Waals surface area contributed by atoms with Gasteiger partial charge in [0.05, 0.1) is 18.9 Å². The highest BCUT2D eigenvalue weighted by Gasteiger charge is 2.14. The molecule has 1 heterocycles. The molecule has 2 rings (SSSR count). The van der Waals surface area contributed by atoms with E-state index < -0.39 is 0 Å². The second-order valence-electron chi connectivity index (χ2n) is 4.36. The SMILES string of the molecule is COc1ccccc1-n1cc(C(=O)C(C)C)cn1. The van der Waals surface area contributed by atoms with E-state index in [9.17, 15) is 4.79 Å². The van der Waals surface area contributed by atoms with Crippen molar-refractivity contribution in [1.82, 2.24) is 9.78 Å². The molecular formula is C14H16N2O2. The zero-order valence-corrected chi connectivity index (χ0v) is 10.8. The van der Waals surface area contributed by atoms with Gasteiger partial charge in [-0.05, 0) is 12.1 Å². The van der Waals surface area contributed by atoms with Crippen molar-refractivity contribution in [2.45, 2.75) is 13.8 Å². The third-order valence-corrected chi connectivity index (χ3v) is 2.72. The minimum absolute atomic E-state index is 0.0275. The molecule has 18 heavy (non-hydrogen) atoms. The highest BCUT2D eigenvalue weighted by Crippen LogP contribution is 2.22. The zero-order chi connectivity index (χ0) is 13.1. The van der Waals surface area contributed by atoms with E-state index in [4.69, 9.17) is 4.74 Å². The van der Waals surface area contributed by atoms with Crippen molar-refractivity contribution in [3.63, 3.8) is 0 Å². The van der Waals surface area contributed by atoms with Crippen LogP contribution in [0.2, 0.25) is 0 Å². The minimum Gasteiger partial charge on any atom is -0.494 e. The molecule has 4 nitrogen and oxygen atoms in total. The first kappa shape index (κ1) is 12.4. The monoisotopic (exact) mass is 244 g/mol. The first-order valence-corrected chi connectivity index (χ1v) is 5.85. The highest BCUT2D eigenvalue weighted by atomic mass is 16.5. The minimum atomic E-state index is -0.0275. The lowest BCUT2D eigenvalue weighted by atomic mass is 10.0. The number of hydrogen-bond donors (Lipinski definition) is 0. The van der Waals surface area contributed by atoms with E-state index in [2.05, 4.69) is 5.10 Å². The van der Waals surface area contributed by atoms with Crippen LogP contribution in [0.15, 0.2) is 36.7 Å². The van der Waals surface area contributed by atoms with Gasteiger partial charge in [0.2, 0.25) is 0 Å². The molecule has 0 aliphatic carbocycles. The number of carbonyl (C=O) groups excluding carboxylic acids is 1. The molecule has 0 aliphatic rings. The molecule has 0 spiro atoms. The maximum atomic E-state index is 11.9. The van der Waals surface area contributed by atoms with Gasteiger partial charge in [0.25, 0.3) is 0 Å². The fraction of sp³-hybridized carbons (Fsp3) is 0.286. The molecule has 0 amide bonds. The molecule has 0 atom stereocenters. The first-order chi connectivity index (χ1) is 8.63. The molecule has 0 saturated heterocycles. The summed E-state index contributed by atoms with van der Waals surface area (Å²) in [5.41, 5.74) is 1.44. The number of hydrogen-bond acceptors (Lipinski definition) is 3. The normalized spacial score (nSPS) is 10.7. The van der Waals surface area contributed by atoms with E-state index in [0.717, 1.165) is 11.4 Å². The number of carbonyl (C=O) groups is 1. The van der Waals surface area contributed by atoms with Crippen molar-refractivity contribution < 1.29 is 9.53 Å². The van der Waals surface area contributed by atoms with Crippen molar-refractivity contribution in [3.8, 4) is 11.4 Å². The zero-order valence-electron chi connectivity index (χ0n) is 10.8. The average molecular weight is 244 g/mol. The van der Waals surface area contributed by atoms with Crippen LogP contribution >= 0.6 is 0 Å². The lowest BCUT2D eigenvalue weighted by Crippen LogP contribution is -2.06. The maximum Gasteiger partial charge on any atom is 0.168 e. The van der Waals surface area contributed by atoms with Gasteiger partial charge in [0.1, 0.15) is 11.4 Å². The number of ketones is 1. The molecule has 0 radical (unpaired) electrons. The van der Waals surface area contributed by atoms with Gasteiger partial charge in [0, 0.05) is 12.1 Å². The molecular weight excluding hydrogens is 228 g/mol. The summed E-state index contributed by atoms with van der Waals surface area (Å²) in [6, 6.07) is 7.56. The summed E-state index contributed by atoms with van der Waals surface area (Å²) in [6.45, 7) is 3.76. The lowest BCUT2D eigenvalue weighted by Gasteiger charge is -2.07. The Morgan fingerprint density at radius 1 is 1.33 bits per heavy atom. The number of methoxy groups -OCH3 is 1. The van der Waals surface area contributed by atoms with E-state index in [1.165, 1.54) is 0 Å². The molecule has 4 heteroatoms. The Morgan fingerprint density at radius 2 is 2.06 bits per heavy atom. The van der Waals surface area contributed by atoms with E-state index in [1.54, 1.807) is 24.2 Å². The van der Waals surface area contributed by atoms with Crippen molar-refractivity contribution in [1.29, 1.82) is 0 Å². The summed E-state index contributed by atoms with van der Waals surface area (Å²) in [5, 5.41) is 4.21. The molecule has 1 aromatic carbocycles. The summed E-state index contributed by atoms with van der Waals surface area (Å²) in [6.07, 6.45) is 3.33. The Hall–Kier alpha value is -2.10. The van der Waals surface area contributed by atoms with Crippen LogP contribution in [0.25, 0.3) is 5.69 Å². The standard InChI is InChI=1S/C14H16N2O2/c1-10(2)14(17)11-8-15-16(9-11)12-6-4-5-7-13(12)18-3/h4-10H,1-3H3. The van der Waals surface area contributed by atoms with E-state index >= 15 is 0 Å². The third-order valence-electron chi connectivity index (χ3n) is 2.72. The van der Waals surface area contributed by atoms with E-state index in [1.807, 2.05) is 38.1 Å². The van der Waals surface area contributed by atoms with Crippen LogP contribution in [-0.4, -0.2) is 22.7 Å².